The first-order chi connectivity index (χ1) is 21.4. The number of hydrogen-bond donors (Lipinski definition) is 1. The van der Waals surface area contributed by atoms with Gasteiger partial charge < -0.3 is 15.0 Å². The van der Waals surface area contributed by atoms with Crippen LogP contribution in [0, 0.1) is 6.92 Å². The summed E-state index contributed by atoms with van der Waals surface area (Å²) in [5, 5.41) is 3.05. The van der Waals surface area contributed by atoms with Crippen molar-refractivity contribution >= 4 is 27.5 Å². The van der Waals surface area contributed by atoms with Gasteiger partial charge in [0.05, 0.1) is 17.7 Å². The number of para-hydroxylation sites is 2. The average molecular weight is 628 g/mol. The topological polar surface area (TPSA) is 96.0 Å². The third-order valence-corrected chi connectivity index (χ3v) is 9.11. The van der Waals surface area contributed by atoms with Crippen LogP contribution in [-0.2, 0) is 32.6 Å². The third kappa shape index (κ3) is 8.51. The molecule has 0 saturated heterocycles. The molecule has 8 nitrogen and oxygen atoms in total. The average Bonchev–Trinajstić information content (AvgIpc) is 3.02. The molecule has 0 fully saturated rings. The molecule has 45 heavy (non-hydrogen) atoms. The van der Waals surface area contributed by atoms with Gasteiger partial charge in [-0.3, -0.25) is 13.9 Å². The second-order valence-corrected chi connectivity index (χ2v) is 13.8. The molecule has 0 unspecified atom stereocenters. The largest absolute Gasteiger partial charge is 0.495 e. The minimum atomic E-state index is -4.22. The van der Waals surface area contributed by atoms with Gasteiger partial charge in [0, 0.05) is 18.5 Å². The molecule has 0 aliphatic heterocycles. The summed E-state index contributed by atoms with van der Waals surface area (Å²) in [6.45, 7) is 7.14. The molecule has 4 aromatic rings. The summed E-state index contributed by atoms with van der Waals surface area (Å²) < 4.78 is 34.9. The molecular formula is C36H41N3O5S. The Balaban J connectivity index is 1.85. The first kappa shape index (κ1) is 33.3. The second kappa shape index (κ2) is 14.4. The summed E-state index contributed by atoms with van der Waals surface area (Å²) >= 11 is 0. The molecule has 0 radical (unpaired) electrons. The zero-order valence-corrected chi connectivity index (χ0v) is 27.3. The zero-order chi connectivity index (χ0) is 32.6. The van der Waals surface area contributed by atoms with E-state index in [4.69, 9.17) is 4.74 Å². The van der Waals surface area contributed by atoms with Crippen molar-refractivity contribution < 1.29 is 22.7 Å². The lowest BCUT2D eigenvalue weighted by Crippen LogP contribution is -2.56. The number of amides is 2. The molecule has 2 amide bonds. The summed E-state index contributed by atoms with van der Waals surface area (Å²) in [4.78, 5) is 30.2. The lowest BCUT2D eigenvalue weighted by atomic mass is 10.00. The highest BCUT2D eigenvalue weighted by Crippen LogP contribution is 2.32. The molecular weight excluding hydrogens is 586 g/mol. The first-order valence-electron chi connectivity index (χ1n) is 14.8. The number of nitrogens with one attached hydrogen (secondary N) is 1. The lowest BCUT2D eigenvalue weighted by Gasteiger charge is -2.35. The quantitative estimate of drug-likeness (QED) is 0.216. The minimum Gasteiger partial charge on any atom is -0.495 e. The van der Waals surface area contributed by atoms with Crippen LogP contribution in [0.25, 0.3) is 0 Å². The predicted octanol–water partition coefficient (Wildman–Crippen LogP) is 5.75. The fourth-order valence-corrected chi connectivity index (χ4v) is 6.49. The van der Waals surface area contributed by atoms with E-state index in [1.165, 1.54) is 24.1 Å². The fourth-order valence-electron chi connectivity index (χ4n) is 5.05. The van der Waals surface area contributed by atoms with E-state index >= 15 is 0 Å². The highest BCUT2D eigenvalue weighted by atomic mass is 32.2. The number of hydrogen-bond acceptors (Lipinski definition) is 5. The van der Waals surface area contributed by atoms with Crippen molar-refractivity contribution in [3.05, 3.63) is 126 Å². The van der Waals surface area contributed by atoms with Gasteiger partial charge >= 0.3 is 0 Å². The number of carbonyl (C=O) groups is 2. The van der Waals surface area contributed by atoms with Gasteiger partial charge in [-0.25, -0.2) is 8.42 Å². The minimum absolute atomic E-state index is 0.0282. The fraction of sp³-hybridized carbons (Fsp3) is 0.278. The van der Waals surface area contributed by atoms with Crippen molar-refractivity contribution in [3.8, 4) is 5.75 Å². The number of methoxy groups -OCH3 is 1. The van der Waals surface area contributed by atoms with Crippen molar-refractivity contribution in [2.45, 2.75) is 57.1 Å². The van der Waals surface area contributed by atoms with Crippen molar-refractivity contribution in [2.24, 2.45) is 0 Å². The van der Waals surface area contributed by atoms with E-state index in [1.807, 2.05) is 82.3 Å². The highest BCUT2D eigenvalue weighted by Gasteiger charge is 2.36. The number of aryl methyl sites for hydroxylation is 1. The van der Waals surface area contributed by atoms with Gasteiger partial charge in [0.15, 0.2) is 0 Å². The number of ether oxygens (including phenoxy) is 1. The Morgan fingerprint density at radius 3 is 2.02 bits per heavy atom. The Bertz CT molecular complexity index is 1700. The Labute approximate surface area is 266 Å². The van der Waals surface area contributed by atoms with Gasteiger partial charge in [0.2, 0.25) is 11.8 Å². The van der Waals surface area contributed by atoms with Gasteiger partial charge in [-0.15, -0.1) is 0 Å². The molecule has 1 N–H and O–H groups in total. The van der Waals surface area contributed by atoms with Crippen molar-refractivity contribution in [3.63, 3.8) is 0 Å². The number of rotatable bonds is 12. The van der Waals surface area contributed by atoms with Crippen LogP contribution >= 0.6 is 0 Å². The van der Waals surface area contributed by atoms with Gasteiger partial charge in [-0.1, -0.05) is 84.9 Å². The molecule has 0 spiro atoms. The van der Waals surface area contributed by atoms with Crippen molar-refractivity contribution in [1.82, 2.24) is 10.2 Å². The van der Waals surface area contributed by atoms with Crippen LogP contribution < -0.4 is 14.4 Å². The van der Waals surface area contributed by atoms with E-state index in [0.29, 0.717) is 5.75 Å². The normalized spacial score (nSPS) is 12.2. The molecule has 0 heterocycles. The molecule has 4 aromatic carbocycles. The van der Waals surface area contributed by atoms with E-state index in [9.17, 15) is 18.0 Å². The van der Waals surface area contributed by atoms with Crippen LogP contribution in [-0.4, -0.2) is 50.4 Å². The van der Waals surface area contributed by atoms with Crippen LogP contribution in [0.3, 0.4) is 0 Å². The Morgan fingerprint density at radius 2 is 1.40 bits per heavy atom. The van der Waals surface area contributed by atoms with Crippen molar-refractivity contribution in [1.29, 1.82) is 0 Å². The maximum Gasteiger partial charge on any atom is 0.264 e. The van der Waals surface area contributed by atoms with Gasteiger partial charge in [-0.2, -0.15) is 0 Å². The first-order valence-corrected chi connectivity index (χ1v) is 16.3. The van der Waals surface area contributed by atoms with E-state index < -0.39 is 34.1 Å². The zero-order valence-electron chi connectivity index (χ0n) is 26.4. The maximum atomic E-state index is 14.6. The number of benzene rings is 4. The van der Waals surface area contributed by atoms with Crippen LogP contribution in [0.2, 0.25) is 0 Å². The van der Waals surface area contributed by atoms with Gasteiger partial charge in [0.1, 0.15) is 18.3 Å². The molecule has 4 rings (SSSR count). The summed E-state index contributed by atoms with van der Waals surface area (Å²) in [5.41, 5.74) is 2.31. The Morgan fingerprint density at radius 1 is 0.822 bits per heavy atom. The van der Waals surface area contributed by atoms with Gasteiger partial charge in [-0.05, 0) is 68.7 Å². The molecule has 9 heteroatoms. The van der Waals surface area contributed by atoms with Crippen LogP contribution in [0.4, 0.5) is 5.69 Å². The number of sulfonamides is 1. The van der Waals surface area contributed by atoms with Gasteiger partial charge in [0.25, 0.3) is 10.0 Å². The Hall–Kier alpha value is -4.63. The van der Waals surface area contributed by atoms with Crippen molar-refractivity contribution in [2.75, 3.05) is 18.0 Å². The molecule has 1 atom stereocenters. The number of anilines is 1. The van der Waals surface area contributed by atoms with Crippen LogP contribution in [0.5, 0.6) is 5.75 Å². The molecule has 0 aliphatic rings. The van der Waals surface area contributed by atoms with Crippen LogP contribution in [0.1, 0.15) is 37.5 Å². The smallest absolute Gasteiger partial charge is 0.264 e. The highest BCUT2D eigenvalue weighted by molar-refractivity contribution is 7.92. The summed E-state index contributed by atoms with van der Waals surface area (Å²) in [6.07, 6.45) is 0.237. The Kier molecular flexibility index (Phi) is 10.7. The molecule has 0 saturated carbocycles. The summed E-state index contributed by atoms with van der Waals surface area (Å²) in [5.74, 6) is -0.571. The summed E-state index contributed by atoms with van der Waals surface area (Å²) in [6, 6.07) is 30.8. The summed E-state index contributed by atoms with van der Waals surface area (Å²) in [7, 11) is -2.78. The lowest BCUT2D eigenvalue weighted by molar-refractivity contribution is -0.140. The van der Waals surface area contributed by atoms with E-state index in [0.717, 1.165) is 21.0 Å². The monoisotopic (exact) mass is 627 g/mol. The molecule has 0 aliphatic carbocycles. The predicted molar refractivity (Wildman–Crippen MR) is 178 cm³/mol. The van der Waals surface area contributed by atoms with E-state index in [-0.39, 0.29) is 29.5 Å². The molecule has 0 aromatic heterocycles. The number of carbonyl (C=O) groups excluding carboxylic acids is 2. The molecule has 236 valence electrons. The maximum absolute atomic E-state index is 14.6. The second-order valence-electron chi connectivity index (χ2n) is 11.9. The number of nitrogens with zero attached hydrogens (tertiary/aromatic N) is 2. The SMILES string of the molecule is COc1ccccc1N(CC(=O)N(Cc1ccccc1C)[C@@H](Cc1ccccc1)C(=O)NC(C)(C)C)S(=O)(=O)c1ccccc1. The molecule has 0 bridgehead atoms. The standard InChI is InChI=1S/C36H41N3O5S/c1-27-16-12-13-19-29(27)25-38(32(35(41)37-36(2,3)4)24-28-17-8-6-9-18-28)34(40)26-39(31-22-14-15-23-33(31)44-5)45(42,43)30-20-10-7-11-21-30/h6-23,32H,24-26H2,1-5H3,(H,37,41)/t32-/m0/s1. The van der Waals surface area contributed by atoms with E-state index in [1.54, 1.807) is 42.5 Å². The van der Waals surface area contributed by atoms with Crippen LogP contribution in [0.15, 0.2) is 114 Å². The van der Waals surface area contributed by atoms with E-state index in [2.05, 4.69) is 5.32 Å². The third-order valence-electron chi connectivity index (χ3n) is 7.34.